The van der Waals surface area contributed by atoms with Gasteiger partial charge >= 0.3 is 5.97 Å². The van der Waals surface area contributed by atoms with Crippen LogP contribution < -0.4 is 10.1 Å². The van der Waals surface area contributed by atoms with Crippen LogP contribution in [0, 0.1) is 11.3 Å². The summed E-state index contributed by atoms with van der Waals surface area (Å²) in [5.41, 5.74) is 3.53. The summed E-state index contributed by atoms with van der Waals surface area (Å²) in [5.74, 6) is -1.78. The number of aromatic nitrogens is 2. The van der Waals surface area contributed by atoms with E-state index in [0.29, 0.717) is 18.0 Å². The highest BCUT2D eigenvalue weighted by Crippen LogP contribution is 2.25. The number of amides is 1. The van der Waals surface area contributed by atoms with E-state index in [4.69, 9.17) is 4.74 Å². The fraction of sp³-hybridized carbons (Fsp3) is 0.372. The average molecular weight is 706 g/mol. The van der Waals surface area contributed by atoms with Crippen LogP contribution in [0.1, 0.15) is 83.5 Å². The third-order valence-electron chi connectivity index (χ3n) is 8.66. The zero-order chi connectivity index (χ0) is 37.5. The highest BCUT2D eigenvalue weighted by Gasteiger charge is 2.32. The van der Waals surface area contributed by atoms with E-state index in [-0.39, 0.29) is 24.0 Å². The van der Waals surface area contributed by atoms with Crippen molar-refractivity contribution in [3.05, 3.63) is 115 Å². The molecule has 52 heavy (non-hydrogen) atoms. The van der Waals surface area contributed by atoms with Crippen LogP contribution in [0.25, 0.3) is 22.5 Å². The quantitative estimate of drug-likeness (QED) is 0.0656. The summed E-state index contributed by atoms with van der Waals surface area (Å²) in [7, 11) is 0. The number of carbonyl (C=O) groups excluding carboxylic acids is 2. The molecule has 3 N–H and O–H groups in total. The third kappa shape index (κ3) is 12.6. The Kier molecular flexibility index (Phi) is 14.8. The molecule has 3 aromatic carbocycles. The number of hydrogen-bond donors (Lipinski definition) is 3. The maximum atomic E-state index is 13.6. The Balaban J connectivity index is 1.43. The number of aliphatic carboxylic acids is 1. The molecule has 0 radical (unpaired) electrons. The molecule has 1 aromatic heterocycles. The van der Waals surface area contributed by atoms with Gasteiger partial charge in [0.25, 0.3) is 0 Å². The molecular weight excluding hydrogens is 654 g/mol. The van der Waals surface area contributed by atoms with Crippen molar-refractivity contribution < 1.29 is 29.3 Å². The summed E-state index contributed by atoms with van der Waals surface area (Å²) in [6, 6.07) is 22.0. The molecule has 0 saturated carbocycles. The van der Waals surface area contributed by atoms with E-state index >= 15 is 0 Å². The largest absolute Gasteiger partial charge is 0.494 e. The monoisotopic (exact) mass is 705 g/mol. The SMILES string of the molecule is CCCCCCCOc1ccc(-c2cnc(-c3ccc(C[C@H](CC(=O)/C=C/C(C)(C)C)C(=O)NC(C(=O)O)C(O)c4ccccc4)cc3)nc2)cc1. The Bertz CT molecular complexity index is 1750. The smallest absolute Gasteiger partial charge is 0.329 e. The van der Waals surface area contributed by atoms with Crippen molar-refractivity contribution in [2.24, 2.45) is 11.3 Å². The molecule has 1 amide bonds. The molecule has 0 spiro atoms. The molecule has 0 aliphatic rings. The minimum absolute atomic E-state index is 0.134. The van der Waals surface area contributed by atoms with Crippen LogP contribution in [-0.4, -0.2) is 50.5 Å². The second-order valence-corrected chi connectivity index (χ2v) is 14.2. The summed E-state index contributed by atoms with van der Waals surface area (Å²) < 4.78 is 5.89. The van der Waals surface area contributed by atoms with Crippen molar-refractivity contribution in [2.45, 2.75) is 84.8 Å². The molecule has 3 atom stereocenters. The number of carboxylic acids is 1. The van der Waals surface area contributed by atoms with Gasteiger partial charge < -0.3 is 20.3 Å². The van der Waals surface area contributed by atoms with Crippen molar-refractivity contribution in [3.8, 4) is 28.3 Å². The maximum Gasteiger partial charge on any atom is 0.329 e. The summed E-state index contributed by atoms with van der Waals surface area (Å²) in [4.78, 5) is 47.9. The summed E-state index contributed by atoms with van der Waals surface area (Å²) >= 11 is 0. The van der Waals surface area contributed by atoms with Gasteiger partial charge in [0, 0.05) is 35.9 Å². The second-order valence-electron chi connectivity index (χ2n) is 14.2. The number of ether oxygens (including phenoxy) is 1. The number of unbranched alkanes of at least 4 members (excludes halogenated alkanes) is 4. The van der Waals surface area contributed by atoms with Crippen molar-refractivity contribution >= 4 is 17.7 Å². The lowest BCUT2D eigenvalue weighted by Crippen LogP contribution is -2.47. The number of ketones is 1. The van der Waals surface area contributed by atoms with Crippen LogP contribution in [0.5, 0.6) is 5.75 Å². The minimum atomic E-state index is -1.60. The first-order chi connectivity index (χ1) is 24.9. The number of carbonyl (C=O) groups is 3. The van der Waals surface area contributed by atoms with Gasteiger partial charge in [-0.1, -0.05) is 126 Å². The molecular formula is C43H51N3O6. The number of rotatable bonds is 19. The van der Waals surface area contributed by atoms with Crippen molar-refractivity contribution in [1.29, 1.82) is 0 Å². The van der Waals surface area contributed by atoms with Gasteiger partial charge in [-0.15, -0.1) is 0 Å². The van der Waals surface area contributed by atoms with Crippen LogP contribution in [0.4, 0.5) is 0 Å². The van der Waals surface area contributed by atoms with E-state index < -0.39 is 29.9 Å². The topological polar surface area (TPSA) is 139 Å². The Morgan fingerprint density at radius 1 is 0.827 bits per heavy atom. The standard InChI is InChI=1S/C43H51N3O6/c1-5-6-7-8-12-25-52-37-21-19-31(20-22-37)35-28-44-40(45-29-35)33-17-15-30(16-18-33)26-34(27-36(47)23-24-43(2,3)4)41(49)46-38(42(50)51)39(48)32-13-10-9-11-14-32/h9-11,13-24,28-29,34,38-39,48H,5-8,12,25-27H2,1-4H3,(H,46,49)(H,50,51)/b24-23+/t34-,38?,39?/m1/s1. The number of nitrogens with one attached hydrogen (secondary N) is 1. The number of carboxylic acid groups (broad SMARTS) is 1. The molecule has 0 aliphatic carbocycles. The fourth-order valence-electron chi connectivity index (χ4n) is 5.64. The van der Waals surface area contributed by atoms with Crippen molar-refractivity contribution in [3.63, 3.8) is 0 Å². The second kappa shape index (κ2) is 19.5. The van der Waals surface area contributed by atoms with Gasteiger partial charge in [-0.05, 0) is 53.2 Å². The van der Waals surface area contributed by atoms with Crippen LogP contribution in [0.15, 0.2) is 103 Å². The molecule has 1 heterocycles. The Labute approximate surface area is 307 Å². The van der Waals surface area contributed by atoms with E-state index in [9.17, 15) is 24.6 Å². The van der Waals surface area contributed by atoms with E-state index in [1.807, 2.05) is 69.3 Å². The molecule has 9 nitrogen and oxygen atoms in total. The van der Waals surface area contributed by atoms with Crippen LogP contribution in [0.2, 0.25) is 0 Å². The molecule has 0 fully saturated rings. The first-order valence-electron chi connectivity index (χ1n) is 18.1. The molecule has 0 aliphatic heterocycles. The molecule has 4 rings (SSSR count). The number of nitrogens with zero attached hydrogens (tertiary/aromatic N) is 2. The number of allylic oxidation sites excluding steroid dienone is 2. The average Bonchev–Trinajstić information content (AvgIpc) is 3.14. The van der Waals surface area contributed by atoms with Crippen molar-refractivity contribution in [1.82, 2.24) is 15.3 Å². The van der Waals surface area contributed by atoms with Gasteiger partial charge in [-0.25, -0.2) is 14.8 Å². The lowest BCUT2D eigenvalue weighted by molar-refractivity contribution is -0.146. The number of aliphatic hydroxyl groups excluding tert-OH is 1. The van der Waals surface area contributed by atoms with Gasteiger partial charge in [0.15, 0.2) is 17.6 Å². The van der Waals surface area contributed by atoms with Gasteiger partial charge in [0.2, 0.25) is 5.91 Å². The van der Waals surface area contributed by atoms with E-state index in [2.05, 4.69) is 22.2 Å². The first-order valence-corrected chi connectivity index (χ1v) is 18.1. The van der Waals surface area contributed by atoms with Gasteiger partial charge in [0.05, 0.1) is 6.61 Å². The summed E-state index contributed by atoms with van der Waals surface area (Å²) in [6.45, 7) is 8.82. The predicted molar refractivity (Wildman–Crippen MR) is 204 cm³/mol. The van der Waals surface area contributed by atoms with Gasteiger partial charge in [0.1, 0.15) is 11.9 Å². The molecule has 2 unspecified atom stereocenters. The van der Waals surface area contributed by atoms with Crippen LogP contribution >= 0.6 is 0 Å². The first kappa shape index (κ1) is 39.6. The highest BCUT2D eigenvalue weighted by molar-refractivity contribution is 5.94. The minimum Gasteiger partial charge on any atom is -0.494 e. The van der Waals surface area contributed by atoms with E-state index in [0.717, 1.165) is 34.4 Å². The maximum absolute atomic E-state index is 13.6. The lowest BCUT2D eigenvalue weighted by Gasteiger charge is -2.24. The van der Waals surface area contributed by atoms with Crippen LogP contribution in [-0.2, 0) is 20.8 Å². The lowest BCUT2D eigenvalue weighted by atomic mass is 9.90. The molecule has 9 heteroatoms. The van der Waals surface area contributed by atoms with Crippen molar-refractivity contribution in [2.75, 3.05) is 6.61 Å². The fourth-order valence-corrected chi connectivity index (χ4v) is 5.64. The molecule has 4 aromatic rings. The molecule has 274 valence electrons. The Morgan fingerprint density at radius 3 is 2.08 bits per heavy atom. The van der Waals surface area contributed by atoms with E-state index in [1.54, 1.807) is 48.8 Å². The predicted octanol–water partition coefficient (Wildman–Crippen LogP) is 8.18. The zero-order valence-electron chi connectivity index (χ0n) is 30.6. The highest BCUT2D eigenvalue weighted by atomic mass is 16.5. The van der Waals surface area contributed by atoms with Gasteiger partial charge in [-0.3, -0.25) is 9.59 Å². The van der Waals surface area contributed by atoms with Gasteiger partial charge in [-0.2, -0.15) is 0 Å². The normalized spacial score (nSPS) is 13.3. The third-order valence-corrected chi connectivity index (χ3v) is 8.66. The molecule has 0 saturated heterocycles. The number of hydrogen-bond acceptors (Lipinski definition) is 7. The van der Waals surface area contributed by atoms with E-state index in [1.165, 1.54) is 31.8 Å². The molecule has 0 bridgehead atoms. The number of aliphatic hydroxyl groups is 1. The summed E-state index contributed by atoms with van der Waals surface area (Å²) in [6.07, 6.45) is 11.3. The van der Waals surface area contributed by atoms with Crippen LogP contribution in [0.3, 0.4) is 0 Å². The zero-order valence-corrected chi connectivity index (χ0v) is 30.6. The number of benzene rings is 3. The summed E-state index contributed by atoms with van der Waals surface area (Å²) in [5, 5.41) is 23.2. The Hall–Kier alpha value is -5.15. The Morgan fingerprint density at radius 2 is 1.46 bits per heavy atom.